The van der Waals surface area contributed by atoms with Crippen LogP contribution < -0.4 is 10.2 Å². The number of aromatic nitrogens is 3. The molecule has 5 atom stereocenters. The molecule has 2 fully saturated rings. The van der Waals surface area contributed by atoms with Crippen molar-refractivity contribution in [2.75, 3.05) is 31.1 Å². The van der Waals surface area contributed by atoms with Gasteiger partial charge >= 0.3 is 0 Å². The van der Waals surface area contributed by atoms with Crippen molar-refractivity contribution in [1.29, 1.82) is 0 Å². The van der Waals surface area contributed by atoms with Crippen molar-refractivity contribution in [3.8, 4) is 0 Å². The molecule has 2 aromatic rings. The van der Waals surface area contributed by atoms with E-state index < -0.39 is 11.7 Å². The van der Waals surface area contributed by atoms with Gasteiger partial charge in [-0.1, -0.05) is 0 Å². The van der Waals surface area contributed by atoms with Gasteiger partial charge in [-0.3, -0.25) is 0 Å². The van der Waals surface area contributed by atoms with Crippen LogP contribution >= 0.6 is 0 Å². The van der Waals surface area contributed by atoms with E-state index in [9.17, 15) is 10.2 Å². The molecule has 4 N–H and O–H groups in total. The maximum atomic E-state index is 11.5. The van der Waals surface area contributed by atoms with Crippen LogP contribution in [0.3, 0.4) is 0 Å². The first-order valence-electron chi connectivity index (χ1n) is 11.1. The summed E-state index contributed by atoms with van der Waals surface area (Å²) >= 11 is 0. The number of aliphatic hydroxyl groups is 2. The summed E-state index contributed by atoms with van der Waals surface area (Å²) in [4.78, 5) is 14.3. The SMILES string of the molecule is CC(O)C(CC(C)(O)C1CCCN(c2ncnc3[nH]ccc23)C1)C1CCCNC1. The van der Waals surface area contributed by atoms with Crippen LogP contribution in [-0.4, -0.2) is 63.0 Å². The van der Waals surface area contributed by atoms with E-state index in [-0.39, 0.29) is 11.8 Å². The zero-order chi connectivity index (χ0) is 20.4. The maximum Gasteiger partial charge on any atom is 0.142 e. The van der Waals surface area contributed by atoms with Crippen molar-refractivity contribution in [3.05, 3.63) is 18.6 Å². The number of nitrogens with one attached hydrogen (secondary N) is 2. The number of hydrogen-bond donors (Lipinski definition) is 4. The predicted molar refractivity (Wildman–Crippen MR) is 115 cm³/mol. The summed E-state index contributed by atoms with van der Waals surface area (Å²) in [5, 5.41) is 26.5. The zero-order valence-corrected chi connectivity index (χ0v) is 17.6. The topological polar surface area (TPSA) is 97.3 Å². The van der Waals surface area contributed by atoms with E-state index in [0.717, 1.165) is 68.7 Å². The summed E-state index contributed by atoms with van der Waals surface area (Å²) in [6.45, 7) is 7.57. The molecule has 160 valence electrons. The second-order valence-electron chi connectivity index (χ2n) is 9.29. The van der Waals surface area contributed by atoms with Gasteiger partial charge in [0.1, 0.15) is 17.8 Å². The molecule has 29 heavy (non-hydrogen) atoms. The number of rotatable bonds is 6. The molecule has 2 aliphatic rings. The van der Waals surface area contributed by atoms with Crippen LogP contribution in [0.4, 0.5) is 5.82 Å². The van der Waals surface area contributed by atoms with E-state index in [1.807, 2.05) is 26.1 Å². The summed E-state index contributed by atoms with van der Waals surface area (Å²) in [5.74, 6) is 1.64. The van der Waals surface area contributed by atoms with E-state index >= 15 is 0 Å². The third kappa shape index (κ3) is 4.42. The molecule has 0 aromatic carbocycles. The number of hydrogen-bond acceptors (Lipinski definition) is 6. The van der Waals surface area contributed by atoms with Gasteiger partial charge in [0.05, 0.1) is 17.1 Å². The minimum atomic E-state index is -0.817. The lowest BCUT2D eigenvalue weighted by atomic mass is 9.71. The Balaban J connectivity index is 1.49. The second kappa shape index (κ2) is 8.58. The fourth-order valence-electron chi connectivity index (χ4n) is 5.41. The van der Waals surface area contributed by atoms with Crippen molar-refractivity contribution in [3.63, 3.8) is 0 Å². The number of aromatic amines is 1. The van der Waals surface area contributed by atoms with Gasteiger partial charge in [0.25, 0.3) is 0 Å². The summed E-state index contributed by atoms with van der Waals surface area (Å²) in [5.41, 5.74) is 0.0325. The van der Waals surface area contributed by atoms with Gasteiger partial charge in [-0.2, -0.15) is 0 Å². The van der Waals surface area contributed by atoms with Crippen molar-refractivity contribution < 1.29 is 10.2 Å². The third-order valence-electron chi connectivity index (χ3n) is 7.14. The zero-order valence-electron chi connectivity index (χ0n) is 17.6. The molecule has 4 rings (SSSR count). The Hall–Kier alpha value is -1.70. The molecule has 4 heterocycles. The number of fused-ring (bicyclic) bond motifs is 1. The maximum absolute atomic E-state index is 11.5. The molecule has 5 unspecified atom stereocenters. The van der Waals surface area contributed by atoms with Crippen LogP contribution in [0.5, 0.6) is 0 Å². The molecule has 7 heteroatoms. The average molecular weight is 402 g/mol. The lowest BCUT2D eigenvalue weighted by Gasteiger charge is -2.44. The van der Waals surface area contributed by atoms with Crippen LogP contribution in [0.15, 0.2) is 18.6 Å². The first-order valence-corrected chi connectivity index (χ1v) is 11.1. The molecule has 0 amide bonds. The molecule has 2 aromatic heterocycles. The second-order valence-corrected chi connectivity index (χ2v) is 9.29. The quantitative estimate of drug-likeness (QED) is 0.593. The Kier molecular flexibility index (Phi) is 6.08. The van der Waals surface area contributed by atoms with Gasteiger partial charge in [-0.15, -0.1) is 0 Å². The average Bonchev–Trinajstić information content (AvgIpc) is 3.21. The normalized spacial score (nSPS) is 27.5. The van der Waals surface area contributed by atoms with Crippen LogP contribution in [0.1, 0.15) is 46.0 Å². The van der Waals surface area contributed by atoms with Crippen LogP contribution in [0.2, 0.25) is 0 Å². The molecule has 0 spiro atoms. The first-order chi connectivity index (χ1) is 14.0. The highest BCUT2D eigenvalue weighted by molar-refractivity contribution is 5.87. The number of nitrogens with zero attached hydrogens (tertiary/aromatic N) is 3. The molecule has 0 aliphatic carbocycles. The molecule has 0 radical (unpaired) electrons. The minimum Gasteiger partial charge on any atom is -0.393 e. The van der Waals surface area contributed by atoms with E-state index in [1.54, 1.807) is 6.33 Å². The summed E-state index contributed by atoms with van der Waals surface area (Å²) in [6, 6.07) is 2.02. The Morgan fingerprint density at radius 3 is 2.93 bits per heavy atom. The number of anilines is 1. The predicted octanol–water partition coefficient (Wildman–Crippen LogP) is 2.31. The Morgan fingerprint density at radius 1 is 1.31 bits per heavy atom. The van der Waals surface area contributed by atoms with Crippen LogP contribution in [-0.2, 0) is 0 Å². The lowest BCUT2D eigenvalue weighted by molar-refractivity contribution is -0.0568. The minimum absolute atomic E-state index is 0.114. The van der Waals surface area contributed by atoms with Gasteiger partial charge in [-0.25, -0.2) is 9.97 Å². The van der Waals surface area contributed by atoms with Gasteiger partial charge in [0.15, 0.2) is 0 Å². The number of piperidine rings is 2. The van der Waals surface area contributed by atoms with Crippen molar-refractivity contribution in [1.82, 2.24) is 20.3 Å². The number of aliphatic hydroxyl groups excluding tert-OH is 1. The highest BCUT2D eigenvalue weighted by Gasteiger charge is 2.40. The molecule has 0 bridgehead atoms. The highest BCUT2D eigenvalue weighted by atomic mass is 16.3. The van der Waals surface area contributed by atoms with Crippen LogP contribution in [0.25, 0.3) is 11.0 Å². The molecule has 2 saturated heterocycles. The van der Waals surface area contributed by atoms with E-state index in [2.05, 4.69) is 25.2 Å². The Bertz CT molecular complexity index is 799. The van der Waals surface area contributed by atoms with Crippen molar-refractivity contribution >= 4 is 16.9 Å². The fourth-order valence-corrected chi connectivity index (χ4v) is 5.41. The molecule has 0 saturated carbocycles. The molecular formula is C22H35N5O2. The van der Waals surface area contributed by atoms with Crippen molar-refractivity contribution in [2.45, 2.75) is 57.7 Å². The first kappa shape index (κ1) is 20.6. The highest BCUT2D eigenvalue weighted by Crippen LogP contribution is 2.38. The van der Waals surface area contributed by atoms with Gasteiger partial charge < -0.3 is 25.4 Å². The standard InChI is InChI=1S/C22H35N5O2/c1-15(28)19(16-5-3-8-23-12-16)11-22(2,29)17-6-4-10-27(13-17)21-18-7-9-24-20(18)25-14-26-21/h7,9,14-17,19,23,28-29H,3-6,8,10-13H2,1-2H3,(H,24,25,26). The third-order valence-corrected chi connectivity index (χ3v) is 7.14. The lowest BCUT2D eigenvalue weighted by Crippen LogP contribution is -2.49. The molecule has 2 aliphatic heterocycles. The number of H-pyrrole nitrogens is 1. The summed E-state index contributed by atoms with van der Waals surface area (Å²) in [6.07, 6.45) is 8.03. The fraction of sp³-hybridized carbons (Fsp3) is 0.727. The van der Waals surface area contributed by atoms with E-state index in [4.69, 9.17) is 0 Å². The largest absolute Gasteiger partial charge is 0.393 e. The van der Waals surface area contributed by atoms with E-state index in [0.29, 0.717) is 12.3 Å². The van der Waals surface area contributed by atoms with Crippen molar-refractivity contribution in [2.24, 2.45) is 17.8 Å². The van der Waals surface area contributed by atoms with Gasteiger partial charge in [0, 0.05) is 25.2 Å². The van der Waals surface area contributed by atoms with E-state index in [1.165, 1.54) is 0 Å². The van der Waals surface area contributed by atoms with Gasteiger partial charge in [-0.05, 0) is 76.9 Å². The summed E-state index contributed by atoms with van der Waals surface area (Å²) in [7, 11) is 0. The molecule has 7 nitrogen and oxygen atoms in total. The monoisotopic (exact) mass is 401 g/mol. The van der Waals surface area contributed by atoms with Gasteiger partial charge in [0.2, 0.25) is 0 Å². The Morgan fingerprint density at radius 2 is 2.17 bits per heavy atom. The smallest absolute Gasteiger partial charge is 0.142 e. The Labute approximate surface area is 172 Å². The summed E-state index contributed by atoms with van der Waals surface area (Å²) < 4.78 is 0. The molecular weight excluding hydrogens is 366 g/mol. The van der Waals surface area contributed by atoms with Crippen LogP contribution in [0, 0.1) is 17.8 Å².